The summed E-state index contributed by atoms with van der Waals surface area (Å²) in [6.45, 7) is 6.35. The summed E-state index contributed by atoms with van der Waals surface area (Å²) < 4.78 is 0. The number of halogens is 1. The number of hydrogen-bond donors (Lipinski definition) is 1. The van der Waals surface area contributed by atoms with E-state index < -0.39 is 0 Å². The fourth-order valence-corrected chi connectivity index (χ4v) is 2.97. The quantitative estimate of drug-likeness (QED) is 0.803. The van der Waals surface area contributed by atoms with Crippen LogP contribution >= 0.6 is 11.6 Å². The number of alkyl halides is 1. The fraction of sp³-hybridized carbons (Fsp3) is 0.600. The Hall–Kier alpha value is -0.530. The van der Waals surface area contributed by atoms with Crippen LogP contribution in [0.15, 0.2) is 18.2 Å². The van der Waals surface area contributed by atoms with Crippen LogP contribution < -0.4 is 5.32 Å². The predicted octanol–water partition coefficient (Wildman–Crippen LogP) is 3.80. The van der Waals surface area contributed by atoms with Crippen LogP contribution in [0.5, 0.6) is 0 Å². The Morgan fingerprint density at radius 3 is 2.82 bits per heavy atom. The largest absolute Gasteiger partial charge is 0.312 e. The van der Waals surface area contributed by atoms with Crippen LogP contribution in [0, 0.1) is 19.8 Å². The molecule has 2 heteroatoms. The van der Waals surface area contributed by atoms with Gasteiger partial charge in [-0.15, -0.1) is 11.6 Å². The fourth-order valence-electron chi connectivity index (χ4n) is 2.60. The Morgan fingerprint density at radius 2 is 2.12 bits per heavy atom. The van der Waals surface area contributed by atoms with Crippen molar-refractivity contribution in [3.8, 4) is 0 Å². The number of benzene rings is 1. The van der Waals surface area contributed by atoms with Gasteiger partial charge in [0.1, 0.15) is 0 Å². The number of rotatable bonds is 4. The van der Waals surface area contributed by atoms with Gasteiger partial charge in [0, 0.05) is 11.9 Å². The van der Waals surface area contributed by atoms with E-state index >= 15 is 0 Å². The maximum Gasteiger partial charge on any atom is 0.0376 e. The highest BCUT2D eigenvalue weighted by Gasteiger charge is 2.24. The Labute approximate surface area is 110 Å². The first-order valence-electron chi connectivity index (χ1n) is 6.57. The van der Waals surface area contributed by atoms with Crippen LogP contribution in [0.25, 0.3) is 0 Å². The van der Waals surface area contributed by atoms with Crippen molar-refractivity contribution >= 4 is 11.6 Å². The number of hydrogen-bond acceptors (Lipinski definition) is 1. The highest BCUT2D eigenvalue weighted by Crippen LogP contribution is 2.29. The van der Waals surface area contributed by atoms with Crippen molar-refractivity contribution in [3.63, 3.8) is 0 Å². The summed E-state index contributed by atoms with van der Waals surface area (Å²) in [5.41, 5.74) is 4.12. The summed E-state index contributed by atoms with van der Waals surface area (Å²) >= 11 is 6.28. The Balaban J connectivity index is 1.83. The van der Waals surface area contributed by atoms with Crippen molar-refractivity contribution in [2.45, 2.75) is 45.0 Å². The summed E-state index contributed by atoms with van der Waals surface area (Å²) in [5.74, 6) is 0.668. The first kappa shape index (κ1) is 12.9. The molecule has 1 N–H and O–H groups in total. The highest BCUT2D eigenvalue weighted by molar-refractivity contribution is 6.20. The molecule has 2 atom stereocenters. The number of aryl methyl sites for hydroxylation is 2. The van der Waals surface area contributed by atoms with E-state index in [1.54, 1.807) is 0 Å². The molecule has 0 aromatic heterocycles. The SMILES string of the molecule is Cc1ccc(C)c(CNCC2CCCC2Cl)c1. The van der Waals surface area contributed by atoms with E-state index in [0.29, 0.717) is 11.3 Å². The molecule has 1 aromatic carbocycles. The molecule has 1 fully saturated rings. The molecule has 0 bridgehead atoms. The lowest BCUT2D eigenvalue weighted by Gasteiger charge is -2.15. The second-order valence-electron chi connectivity index (χ2n) is 5.27. The molecule has 17 heavy (non-hydrogen) atoms. The molecule has 1 aliphatic carbocycles. The Kier molecular flexibility index (Phi) is 4.47. The zero-order valence-corrected chi connectivity index (χ0v) is 11.6. The molecule has 0 aliphatic heterocycles. The molecule has 0 radical (unpaired) electrons. The van der Waals surface area contributed by atoms with Gasteiger partial charge in [0.15, 0.2) is 0 Å². The first-order valence-corrected chi connectivity index (χ1v) is 7.01. The van der Waals surface area contributed by atoms with Gasteiger partial charge in [0.05, 0.1) is 0 Å². The van der Waals surface area contributed by atoms with E-state index in [2.05, 4.69) is 37.4 Å². The van der Waals surface area contributed by atoms with E-state index in [1.807, 2.05) is 0 Å². The molecule has 1 aromatic rings. The minimum atomic E-state index is 0.390. The van der Waals surface area contributed by atoms with Gasteiger partial charge in [0.25, 0.3) is 0 Å². The minimum Gasteiger partial charge on any atom is -0.312 e. The van der Waals surface area contributed by atoms with Gasteiger partial charge < -0.3 is 5.32 Å². The zero-order chi connectivity index (χ0) is 12.3. The monoisotopic (exact) mass is 251 g/mol. The molecule has 2 unspecified atom stereocenters. The molecular weight excluding hydrogens is 230 g/mol. The zero-order valence-electron chi connectivity index (χ0n) is 10.8. The van der Waals surface area contributed by atoms with Crippen LogP contribution in [0.3, 0.4) is 0 Å². The topological polar surface area (TPSA) is 12.0 Å². The molecule has 1 aliphatic rings. The molecular formula is C15H22ClN. The van der Waals surface area contributed by atoms with E-state index in [9.17, 15) is 0 Å². The summed E-state index contributed by atoms with van der Waals surface area (Å²) in [7, 11) is 0. The average Bonchev–Trinajstić information content (AvgIpc) is 2.70. The predicted molar refractivity (Wildman–Crippen MR) is 74.6 cm³/mol. The van der Waals surface area contributed by atoms with Crippen LogP contribution in [-0.4, -0.2) is 11.9 Å². The maximum atomic E-state index is 6.28. The van der Waals surface area contributed by atoms with Crippen LogP contribution in [0.1, 0.15) is 36.0 Å². The van der Waals surface area contributed by atoms with Gasteiger partial charge in [-0.1, -0.05) is 30.2 Å². The van der Waals surface area contributed by atoms with Gasteiger partial charge in [-0.05, 0) is 50.3 Å². The molecule has 0 spiro atoms. The summed E-state index contributed by atoms with van der Waals surface area (Å²) in [6.07, 6.45) is 3.77. The van der Waals surface area contributed by atoms with Gasteiger partial charge in [-0.25, -0.2) is 0 Å². The second-order valence-corrected chi connectivity index (χ2v) is 5.83. The average molecular weight is 252 g/mol. The van der Waals surface area contributed by atoms with Crippen LogP contribution in [0.4, 0.5) is 0 Å². The molecule has 1 nitrogen and oxygen atoms in total. The number of nitrogens with one attached hydrogen (secondary N) is 1. The van der Waals surface area contributed by atoms with E-state index in [0.717, 1.165) is 13.1 Å². The van der Waals surface area contributed by atoms with Crippen LogP contribution in [0.2, 0.25) is 0 Å². The van der Waals surface area contributed by atoms with Crippen molar-refractivity contribution in [2.24, 2.45) is 5.92 Å². The lowest BCUT2D eigenvalue weighted by molar-refractivity contribution is 0.493. The van der Waals surface area contributed by atoms with Gasteiger partial charge in [0.2, 0.25) is 0 Å². The van der Waals surface area contributed by atoms with Crippen molar-refractivity contribution in [2.75, 3.05) is 6.54 Å². The Morgan fingerprint density at radius 1 is 1.29 bits per heavy atom. The van der Waals surface area contributed by atoms with Gasteiger partial charge in [-0.3, -0.25) is 0 Å². The molecule has 94 valence electrons. The third-order valence-electron chi connectivity index (χ3n) is 3.79. The smallest absolute Gasteiger partial charge is 0.0376 e. The van der Waals surface area contributed by atoms with Gasteiger partial charge in [-0.2, -0.15) is 0 Å². The lowest BCUT2D eigenvalue weighted by Crippen LogP contribution is -2.25. The minimum absolute atomic E-state index is 0.390. The van der Waals surface area contributed by atoms with E-state index in [1.165, 1.54) is 36.0 Å². The van der Waals surface area contributed by atoms with Crippen LogP contribution in [-0.2, 0) is 6.54 Å². The molecule has 0 saturated heterocycles. The van der Waals surface area contributed by atoms with Crippen molar-refractivity contribution < 1.29 is 0 Å². The molecule has 0 heterocycles. The summed E-state index contributed by atoms with van der Waals surface area (Å²) in [4.78, 5) is 0. The van der Waals surface area contributed by atoms with E-state index in [4.69, 9.17) is 11.6 Å². The molecule has 0 amide bonds. The van der Waals surface area contributed by atoms with Gasteiger partial charge >= 0.3 is 0 Å². The third-order valence-corrected chi connectivity index (χ3v) is 4.37. The normalized spacial score (nSPS) is 24.2. The summed E-state index contributed by atoms with van der Waals surface area (Å²) in [5, 5.41) is 3.95. The molecule has 2 rings (SSSR count). The van der Waals surface area contributed by atoms with E-state index in [-0.39, 0.29) is 0 Å². The van der Waals surface area contributed by atoms with Crippen molar-refractivity contribution in [3.05, 3.63) is 34.9 Å². The summed E-state index contributed by atoms with van der Waals surface area (Å²) in [6, 6.07) is 6.64. The molecule has 1 saturated carbocycles. The Bertz CT molecular complexity index is 375. The standard InChI is InChI=1S/C15H22ClN/c1-11-6-7-12(2)14(8-11)10-17-9-13-4-3-5-15(13)16/h6-8,13,15,17H,3-5,9-10H2,1-2H3. The van der Waals surface area contributed by atoms with Crippen molar-refractivity contribution in [1.29, 1.82) is 0 Å². The highest BCUT2D eigenvalue weighted by atomic mass is 35.5. The second kappa shape index (κ2) is 5.88. The third kappa shape index (κ3) is 3.46. The first-order chi connectivity index (χ1) is 8.16. The lowest BCUT2D eigenvalue weighted by atomic mass is 10.0. The maximum absolute atomic E-state index is 6.28. The van der Waals surface area contributed by atoms with Crippen molar-refractivity contribution in [1.82, 2.24) is 5.32 Å².